The second-order valence-electron chi connectivity index (χ2n) is 8.02. The van der Waals surface area contributed by atoms with E-state index < -0.39 is 10.0 Å². The molecule has 1 aliphatic heterocycles. The number of fused-ring (bicyclic) bond motifs is 1. The summed E-state index contributed by atoms with van der Waals surface area (Å²) in [5.74, 6) is -0.510. The quantitative estimate of drug-likeness (QED) is 0.483. The van der Waals surface area contributed by atoms with Crippen LogP contribution in [0.4, 0.5) is 0 Å². The molecule has 0 radical (unpaired) electrons. The topological polar surface area (TPSA) is 97.5 Å². The Labute approximate surface area is 207 Å². The van der Waals surface area contributed by atoms with E-state index in [4.69, 9.17) is 5.14 Å². The van der Waals surface area contributed by atoms with Crippen LogP contribution in [-0.4, -0.2) is 25.0 Å². The summed E-state index contributed by atoms with van der Waals surface area (Å²) in [4.78, 5) is 28.6. The van der Waals surface area contributed by atoms with Crippen LogP contribution in [0.3, 0.4) is 0 Å². The average Bonchev–Trinajstić information content (AvgIpc) is 2.82. The summed E-state index contributed by atoms with van der Waals surface area (Å²) in [7, 11) is -3.88. The summed E-state index contributed by atoms with van der Waals surface area (Å²) in [6.45, 7) is 2.14. The van der Waals surface area contributed by atoms with Crippen molar-refractivity contribution in [2.45, 2.75) is 31.2 Å². The third-order valence-electron chi connectivity index (χ3n) is 5.66. The van der Waals surface area contributed by atoms with Crippen LogP contribution in [0, 0.1) is 0 Å². The first-order valence-corrected chi connectivity index (χ1v) is 13.1. The van der Waals surface area contributed by atoms with E-state index in [2.05, 4.69) is 15.9 Å². The molecule has 174 valence electrons. The van der Waals surface area contributed by atoms with Gasteiger partial charge >= 0.3 is 0 Å². The maximum atomic E-state index is 13.7. The fourth-order valence-corrected chi connectivity index (χ4v) is 4.96. The fourth-order valence-electron chi connectivity index (χ4n) is 4.08. The normalized spacial score (nSPS) is 13.6. The number of nitrogens with zero attached hydrogens (tertiary/aromatic N) is 1. The molecule has 1 aliphatic rings. The lowest BCUT2D eigenvalue weighted by molar-refractivity contribution is -0.116. The predicted octanol–water partition coefficient (Wildman–Crippen LogP) is 4.88. The van der Waals surface area contributed by atoms with Gasteiger partial charge in [0.25, 0.3) is 5.91 Å². The first-order valence-electron chi connectivity index (χ1n) is 10.8. The number of primary sulfonamides is 1. The molecular formula is C26H23BrN2O4S. The SMILES string of the molecule is CCCC(=O)C1=C(c2ccccc2)c2cc(Br)ccc2CN1C(=O)c1ccc(S(N)(=O)=O)cc1. The number of halogens is 1. The van der Waals surface area contributed by atoms with Crippen molar-refractivity contribution < 1.29 is 18.0 Å². The molecule has 0 bridgehead atoms. The number of ketones is 1. The number of nitrogens with two attached hydrogens (primary N) is 1. The smallest absolute Gasteiger partial charge is 0.258 e. The van der Waals surface area contributed by atoms with Gasteiger partial charge in [-0.25, -0.2) is 13.6 Å². The molecular weight excluding hydrogens is 516 g/mol. The van der Waals surface area contributed by atoms with E-state index in [0.29, 0.717) is 24.1 Å². The summed E-state index contributed by atoms with van der Waals surface area (Å²) in [6.07, 6.45) is 0.934. The van der Waals surface area contributed by atoms with Crippen LogP contribution < -0.4 is 5.14 Å². The van der Waals surface area contributed by atoms with E-state index in [1.807, 2.05) is 55.5 Å². The van der Waals surface area contributed by atoms with Crippen molar-refractivity contribution in [1.82, 2.24) is 4.90 Å². The standard InChI is InChI=1S/C26H23BrN2O4S/c1-2-6-23(30)25-24(17-7-4-3-5-8-17)22-15-20(27)12-9-19(22)16-29(25)26(31)18-10-13-21(14-11-18)34(28,32)33/h3-5,7-15H,2,6,16H2,1H3,(H2,28,32,33). The molecule has 0 spiro atoms. The Morgan fingerprint density at radius 2 is 1.68 bits per heavy atom. The highest BCUT2D eigenvalue weighted by Crippen LogP contribution is 2.39. The lowest BCUT2D eigenvalue weighted by Crippen LogP contribution is -2.37. The molecule has 34 heavy (non-hydrogen) atoms. The van der Waals surface area contributed by atoms with E-state index in [9.17, 15) is 18.0 Å². The highest BCUT2D eigenvalue weighted by molar-refractivity contribution is 9.10. The van der Waals surface area contributed by atoms with Crippen LogP contribution in [0.1, 0.15) is 46.8 Å². The van der Waals surface area contributed by atoms with Crippen LogP contribution in [0.2, 0.25) is 0 Å². The van der Waals surface area contributed by atoms with Crippen molar-refractivity contribution >= 4 is 43.2 Å². The van der Waals surface area contributed by atoms with Gasteiger partial charge in [0.15, 0.2) is 5.78 Å². The third-order valence-corrected chi connectivity index (χ3v) is 7.08. The molecule has 0 fully saturated rings. The van der Waals surface area contributed by atoms with Crippen molar-refractivity contribution in [1.29, 1.82) is 0 Å². The minimum atomic E-state index is -3.88. The van der Waals surface area contributed by atoms with E-state index in [1.54, 1.807) is 0 Å². The van der Waals surface area contributed by atoms with Gasteiger partial charge in [-0.2, -0.15) is 0 Å². The van der Waals surface area contributed by atoms with Gasteiger partial charge in [-0.1, -0.05) is 59.3 Å². The second-order valence-corrected chi connectivity index (χ2v) is 10.5. The molecule has 3 aromatic carbocycles. The number of benzene rings is 3. The number of hydrogen-bond acceptors (Lipinski definition) is 4. The summed E-state index contributed by atoms with van der Waals surface area (Å²) in [5.41, 5.74) is 3.96. The first-order chi connectivity index (χ1) is 16.2. The van der Waals surface area contributed by atoms with Gasteiger partial charge in [0, 0.05) is 22.0 Å². The zero-order valence-corrected chi connectivity index (χ0v) is 20.9. The number of sulfonamides is 1. The molecule has 0 saturated heterocycles. The van der Waals surface area contributed by atoms with Crippen LogP contribution in [-0.2, 0) is 21.4 Å². The maximum Gasteiger partial charge on any atom is 0.258 e. The van der Waals surface area contributed by atoms with Gasteiger partial charge in [-0.3, -0.25) is 14.5 Å². The Morgan fingerprint density at radius 1 is 1.00 bits per heavy atom. The Hall–Kier alpha value is -3.07. The molecule has 0 unspecified atom stereocenters. The molecule has 0 aromatic heterocycles. The zero-order chi connectivity index (χ0) is 24.5. The molecule has 8 heteroatoms. The van der Waals surface area contributed by atoms with Crippen LogP contribution in [0.15, 0.2) is 87.9 Å². The molecule has 1 amide bonds. The maximum absolute atomic E-state index is 13.7. The lowest BCUT2D eigenvalue weighted by atomic mass is 9.86. The van der Waals surface area contributed by atoms with Gasteiger partial charge in [0.2, 0.25) is 10.0 Å². The van der Waals surface area contributed by atoms with Crippen molar-refractivity contribution in [3.05, 3.63) is 105 Å². The van der Waals surface area contributed by atoms with Crippen LogP contribution >= 0.6 is 15.9 Å². The number of hydrogen-bond donors (Lipinski definition) is 1. The number of carbonyl (C=O) groups is 2. The molecule has 4 rings (SSSR count). The Kier molecular flexibility index (Phi) is 6.84. The van der Waals surface area contributed by atoms with Gasteiger partial charge in [0.1, 0.15) is 0 Å². The van der Waals surface area contributed by atoms with Crippen molar-refractivity contribution in [3.8, 4) is 0 Å². The highest BCUT2D eigenvalue weighted by atomic mass is 79.9. The fraction of sp³-hybridized carbons (Fsp3) is 0.154. The number of amides is 1. The third kappa shape index (κ3) is 4.75. The van der Waals surface area contributed by atoms with E-state index in [-0.39, 0.29) is 28.7 Å². The number of carbonyl (C=O) groups excluding carboxylic acids is 2. The molecule has 0 aliphatic carbocycles. The Morgan fingerprint density at radius 3 is 2.29 bits per heavy atom. The van der Waals surface area contributed by atoms with Gasteiger partial charge in [-0.05, 0) is 59.5 Å². The van der Waals surface area contributed by atoms with Gasteiger partial charge in [-0.15, -0.1) is 0 Å². The van der Waals surface area contributed by atoms with Gasteiger partial charge < -0.3 is 0 Å². The molecule has 6 nitrogen and oxygen atoms in total. The van der Waals surface area contributed by atoms with Crippen molar-refractivity contribution in [3.63, 3.8) is 0 Å². The van der Waals surface area contributed by atoms with Crippen LogP contribution in [0.5, 0.6) is 0 Å². The highest BCUT2D eigenvalue weighted by Gasteiger charge is 2.34. The summed E-state index contributed by atoms with van der Waals surface area (Å²) < 4.78 is 24.1. The summed E-state index contributed by atoms with van der Waals surface area (Å²) in [6, 6.07) is 20.8. The summed E-state index contributed by atoms with van der Waals surface area (Å²) >= 11 is 3.53. The number of allylic oxidation sites excluding steroid dienone is 1. The van der Waals surface area contributed by atoms with E-state index >= 15 is 0 Å². The van der Waals surface area contributed by atoms with E-state index in [0.717, 1.165) is 21.2 Å². The minimum absolute atomic E-state index is 0.0827. The molecule has 2 N–H and O–H groups in total. The second kappa shape index (κ2) is 9.66. The summed E-state index contributed by atoms with van der Waals surface area (Å²) in [5, 5.41) is 5.19. The Bertz CT molecular complexity index is 1400. The number of Topliss-reactive ketones (excluding diaryl/α,β-unsaturated/α-hetero) is 1. The largest absolute Gasteiger partial charge is 0.300 e. The van der Waals surface area contributed by atoms with Crippen molar-refractivity contribution in [2.75, 3.05) is 0 Å². The lowest BCUT2D eigenvalue weighted by Gasteiger charge is -2.33. The molecule has 0 saturated carbocycles. The van der Waals surface area contributed by atoms with Crippen molar-refractivity contribution in [2.24, 2.45) is 5.14 Å². The minimum Gasteiger partial charge on any atom is -0.300 e. The number of rotatable bonds is 6. The first kappa shape index (κ1) is 24.1. The molecule has 0 atom stereocenters. The Balaban J connectivity index is 1.92. The van der Waals surface area contributed by atoms with Gasteiger partial charge in [0.05, 0.1) is 17.1 Å². The molecule has 3 aromatic rings. The van der Waals surface area contributed by atoms with E-state index in [1.165, 1.54) is 29.2 Å². The monoisotopic (exact) mass is 538 g/mol. The van der Waals surface area contributed by atoms with Crippen LogP contribution in [0.25, 0.3) is 5.57 Å². The predicted molar refractivity (Wildman–Crippen MR) is 134 cm³/mol. The zero-order valence-electron chi connectivity index (χ0n) is 18.5. The average molecular weight is 539 g/mol. The molecule has 1 heterocycles.